The first-order chi connectivity index (χ1) is 13.4. The Kier molecular flexibility index (Phi) is 5.58. The molecule has 8 nitrogen and oxygen atoms in total. The molecule has 2 atom stereocenters. The van der Waals surface area contributed by atoms with E-state index in [0.717, 1.165) is 5.56 Å². The van der Waals surface area contributed by atoms with E-state index in [9.17, 15) is 19.7 Å². The number of carbonyl (C=O) groups excluding carboxylic acids is 2. The molecule has 0 aromatic heterocycles. The standard InChI is InChI=1S/C20H21N3O5/c1-13(14-6-4-3-5-7-14)22-12-15(10-19(22)24)20(25)21-17-11-16(28-2)8-9-18(17)23(26)27/h3-9,11,13,15H,10,12H2,1-2H3,(H,21,25)/t13-,15+/m0/s1. The van der Waals surface area contributed by atoms with Crippen molar-refractivity contribution in [3.8, 4) is 5.75 Å². The van der Waals surface area contributed by atoms with E-state index < -0.39 is 16.7 Å². The minimum atomic E-state index is -0.579. The van der Waals surface area contributed by atoms with Gasteiger partial charge in [-0.2, -0.15) is 0 Å². The molecule has 0 unspecified atom stereocenters. The molecular weight excluding hydrogens is 362 g/mol. The van der Waals surface area contributed by atoms with Crippen molar-refractivity contribution in [2.24, 2.45) is 5.92 Å². The van der Waals surface area contributed by atoms with Crippen LogP contribution in [0.4, 0.5) is 11.4 Å². The van der Waals surface area contributed by atoms with Crippen LogP contribution >= 0.6 is 0 Å². The third-order valence-corrected chi connectivity index (χ3v) is 4.94. The number of ether oxygens (including phenoxy) is 1. The van der Waals surface area contributed by atoms with Crippen LogP contribution in [0.25, 0.3) is 0 Å². The molecule has 1 aliphatic rings. The van der Waals surface area contributed by atoms with Crippen LogP contribution in [0.15, 0.2) is 48.5 Å². The van der Waals surface area contributed by atoms with Crippen LogP contribution < -0.4 is 10.1 Å². The lowest BCUT2D eigenvalue weighted by molar-refractivity contribution is -0.383. The van der Waals surface area contributed by atoms with E-state index in [1.807, 2.05) is 37.3 Å². The largest absolute Gasteiger partial charge is 0.497 e. The predicted molar refractivity (Wildman–Crippen MR) is 103 cm³/mol. The molecular formula is C20H21N3O5. The van der Waals surface area contributed by atoms with Gasteiger partial charge < -0.3 is 15.0 Å². The predicted octanol–water partition coefficient (Wildman–Crippen LogP) is 3.15. The Morgan fingerprint density at radius 2 is 2.00 bits per heavy atom. The number of amides is 2. The number of nitro benzene ring substituents is 1. The molecule has 2 aromatic rings. The van der Waals surface area contributed by atoms with Crippen LogP contribution in [0.2, 0.25) is 0 Å². The molecule has 1 heterocycles. The maximum atomic E-state index is 12.7. The van der Waals surface area contributed by atoms with Crippen LogP contribution in [-0.4, -0.2) is 35.3 Å². The molecule has 28 heavy (non-hydrogen) atoms. The van der Waals surface area contributed by atoms with E-state index in [-0.39, 0.29) is 36.3 Å². The summed E-state index contributed by atoms with van der Waals surface area (Å²) in [6.45, 7) is 2.18. The average Bonchev–Trinajstić information content (AvgIpc) is 3.09. The maximum absolute atomic E-state index is 12.7. The summed E-state index contributed by atoms with van der Waals surface area (Å²) in [6.07, 6.45) is 0.0702. The summed E-state index contributed by atoms with van der Waals surface area (Å²) < 4.78 is 5.07. The van der Waals surface area contributed by atoms with Gasteiger partial charge in [-0.25, -0.2) is 0 Å². The van der Waals surface area contributed by atoms with Crippen molar-refractivity contribution in [2.45, 2.75) is 19.4 Å². The Balaban J connectivity index is 1.74. The summed E-state index contributed by atoms with van der Waals surface area (Å²) >= 11 is 0. The molecule has 0 radical (unpaired) electrons. The van der Waals surface area contributed by atoms with Crippen molar-refractivity contribution >= 4 is 23.2 Å². The lowest BCUT2D eigenvalue weighted by Gasteiger charge is -2.25. The van der Waals surface area contributed by atoms with Crippen LogP contribution in [-0.2, 0) is 9.59 Å². The average molecular weight is 383 g/mol. The topological polar surface area (TPSA) is 102 Å². The number of nitrogens with zero attached hydrogens (tertiary/aromatic N) is 2. The highest BCUT2D eigenvalue weighted by molar-refractivity contribution is 5.98. The molecule has 1 aliphatic heterocycles. The first-order valence-corrected chi connectivity index (χ1v) is 8.88. The normalized spacial score (nSPS) is 17.3. The van der Waals surface area contributed by atoms with Gasteiger partial charge in [0.25, 0.3) is 5.69 Å². The zero-order valence-corrected chi connectivity index (χ0v) is 15.6. The zero-order chi connectivity index (χ0) is 20.3. The minimum Gasteiger partial charge on any atom is -0.497 e. The fourth-order valence-corrected chi connectivity index (χ4v) is 3.33. The Morgan fingerprint density at radius 3 is 2.64 bits per heavy atom. The number of nitrogens with one attached hydrogen (secondary N) is 1. The molecule has 0 aliphatic carbocycles. The third-order valence-electron chi connectivity index (χ3n) is 4.94. The second kappa shape index (κ2) is 8.08. The van der Waals surface area contributed by atoms with Gasteiger partial charge in [0.15, 0.2) is 0 Å². The van der Waals surface area contributed by atoms with Gasteiger partial charge >= 0.3 is 0 Å². The van der Waals surface area contributed by atoms with Crippen molar-refractivity contribution in [2.75, 3.05) is 19.0 Å². The number of hydrogen-bond acceptors (Lipinski definition) is 5. The van der Waals surface area contributed by atoms with E-state index in [1.54, 1.807) is 4.90 Å². The number of rotatable bonds is 6. The molecule has 0 bridgehead atoms. The summed E-state index contributed by atoms with van der Waals surface area (Å²) in [5, 5.41) is 13.8. The smallest absolute Gasteiger partial charge is 0.293 e. The van der Waals surface area contributed by atoms with Crippen molar-refractivity contribution in [3.05, 3.63) is 64.2 Å². The number of nitro groups is 1. The molecule has 2 aromatic carbocycles. The van der Waals surface area contributed by atoms with Crippen molar-refractivity contribution in [1.29, 1.82) is 0 Å². The highest BCUT2D eigenvalue weighted by Crippen LogP contribution is 2.32. The van der Waals surface area contributed by atoms with Crippen molar-refractivity contribution in [1.82, 2.24) is 4.90 Å². The van der Waals surface area contributed by atoms with E-state index in [4.69, 9.17) is 4.74 Å². The summed E-state index contributed by atoms with van der Waals surface area (Å²) in [7, 11) is 1.44. The maximum Gasteiger partial charge on any atom is 0.293 e. The van der Waals surface area contributed by atoms with E-state index in [0.29, 0.717) is 5.75 Å². The molecule has 0 saturated carbocycles. The summed E-state index contributed by atoms with van der Waals surface area (Å²) in [5.41, 5.74) is 0.810. The van der Waals surface area contributed by atoms with Gasteiger partial charge in [0, 0.05) is 25.1 Å². The number of benzene rings is 2. The quantitative estimate of drug-likeness (QED) is 0.610. The second-order valence-electron chi connectivity index (χ2n) is 6.66. The van der Waals surface area contributed by atoms with E-state index >= 15 is 0 Å². The monoisotopic (exact) mass is 383 g/mol. The van der Waals surface area contributed by atoms with Crippen LogP contribution in [0.1, 0.15) is 24.9 Å². The van der Waals surface area contributed by atoms with Gasteiger partial charge in [-0.05, 0) is 18.6 Å². The van der Waals surface area contributed by atoms with E-state index in [1.165, 1.54) is 25.3 Å². The van der Waals surface area contributed by atoms with Crippen LogP contribution in [0.3, 0.4) is 0 Å². The number of likely N-dealkylation sites (tertiary alicyclic amines) is 1. The summed E-state index contributed by atoms with van der Waals surface area (Å²) in [6, 6.07) is 13.6. The fraction of sp³-hybridized carbons (Fsp3) is 0.300. The van der Waals surface area contributed by atoms with Crippen molar-refractivity contribution in [3.63, 3.8) is 0 Å². The highest BCUT2D eigenvalue weighted by Gasteiger charge is 2.37. The molecule has 3 rings (SSSR count). The lowest BCUT2D eigenvalue weighted by Crippen LogP contribution is -2.30. The Labute approximate surface area is 162 Å². The van der Waals surface area contributed by atoms with E-state index in [2.05, 4.69) is 5.32 Å². The zero-order valence-electron chi connectivity index (χ0n) is 15.6. The van der Waals surface area contributed by atoms with Gasteiger partial charge in [-0.1, -0.05) is 30.3 Å². The molecule has 146 valence electrons. The molecule has 8 heteroatoms. The third kappa shape index (κ3) is 3.95. The van der Waals surface area contributed by atoms with Crippen LogP contribution in [0, 0.1) is 16.0 Å². The fourth-order valence-electron chi connectivity index (χ4n) is 3.33. The van der Waals surface area contributed by atoms with Crippen molar-refractivity contribution < 1.29 is 19.2 Å². The number of carbonyl (C=O) groups is 2. The van der Waals surface area contributed by atoms with Crippen LogP contribution in [0.5, 0.6) is 5.75 Å². The number of anilines is 1. The SMILES string of the molecule is COc1ccc([N+](=O)[O-])c(NC(=O)[C@@H]2CC(=O)N([C@@H](C)c3ccccc3)C2)c1. The van der Waals surface area contributed by atoms with Gasteiger partial charge in [-0.15, -0.1) is 0 Å². The molecule has 0 spiro atoms. The Hall–Kier alpha value is -3.42. The highest BCUT2D eigenvalue weighted by atomic mass is 16.6. The Morgan fingerprint density at radius 1 is 1.29 bits per heavy atom. The molecule has 1 saturated heterocycles. The number of hydrogen-bond donors (Lipinski definition) is 1. The second-order valence-corrected chi connectivity index (χ2v) is 6.66. The first kappa shape index (κ1) is 19.3. The molecule has 1 fully saturated rings. The minimum absolute atomic E-state index is 0.0522. The van der Waals surface area contributed by atoms with Gasteiger partial charge in [0.1, 0.15) is 11.4 Å². The van der Waals surface area contributed by atoms with Gasteiger partial charge in [0.2, 0.25) is 11.8 Å². The summed E-state index contributed by atoms with van der Waals surface area (Å²) in [4.78, 5) is 37.5. The molecule has 2 amide bonds. The lowest BCUT2D eigenvalue weighted by atomic mass is 10.1. The van der Waals surface area contributed by atoms with Gasteiger partial charge in [0.05, 0.1) is 24.0 Å². The number of methoxy groups -OCH3 is 1. The summed E-state index contributed by atoms with van der Waals surface area (Å²) in [5.74, 6) is -0.726. The Bertz CT molecular complexity index is 900. The first-order valence-electron chi connectivity index (χ1n) is 8.88. The molecule has 1 N–H and O–H groups in total. The van der Waals surface area contributed by atoms with Gasteiger partial charge in [-0.3, -0.25) is 19.7 Å².